The number of anilines is 1. The van der Waals surface area contributed by atoms with E-state index in [9.17, 15) is 17.6 Å². The number of benzene rings is 1. The predicted molar refractivity (Wildman–Crippen MR) is 45.4 cm³/mol. The van der Waals surface area contributed by atoms with Gasteiger partial charge in [-0.3, -0.25) is 0 Å². The van der Waals surface area contributed by atoms with Gasteiger partial charge in [0.15, 0.2) is 5.75 Å². The zero-order valence-corrected chi connectivity index (χ0v) is 7.44. The van der Waals surface area contributed by atoms with Crippen LogP contribution in [-0.2, 0) is 6.54 Å². The highest BCUT2D eigenvalue weighted by atomic mass is 19.4. The van der Waals surface area contributed by atoms with Crippen LogP contribution in [0.2, 0.25) is 0 Å². The Balaban J connectivity index is 3.15. The van der Waals surface area contributed by atoms with Crippen LogP contribution in [0.4, 0.5) is 23.2 Å². The van der Waals surface area contributed by atoms with Crippen LogP contribution in [0.1, 0.15) is 5.56 Å². The number of hydrogen-bond donors (Lipinski definition) is 2. The minimum atomic E-state index is -4.88. The van der Waals surface area contributed by atoms with Crippen molar-refractivity contribution < 1.29 is 22.3 Å². The first-order chi connectivity index (χ1) is 6.83. The summed E-state index contributed by atoms with van der Waals surface area (Å²) in [5.41, 5.74) is 9.75. The summed E-state index contributed by atoms with van der Waals surface area (Å²) in [5.74, 6) is -1.41. The van der Waals surface area contributed by atoms with Gasteiger partial charge in [0, 0.05) is 18.2 Å². The first kappa shape index (κ1) is 11.6. The zero-order chi connectivity index (χ0) is 11.6. The summed E-state index contributed by atoms with van der Waals surface area (Å²) < 4.78 is 52.2. The minimum absolute atomic E-state index is 0.134. The molecule has 0 aromatic heterocycles. The smallest absolute Gasteiger partial charge is 0.403 e. The van der Waals surface area contributed by atoms with E-state index in [0.717, 1.165) is 12.1 Å². The molecular formula is C8H8F4N2O. The third kappa shape index (κ3) is 2.98. The number of hydrogen-bond acceptors (Lipinski definition) is 3. The molecule has 0 fully saturated rings. The van der Waals surface area contributed by atoms with Gasteiger partial charge in [-0.05, 0) is 6.07 Å². The molecule has 0 unspecified atom stereocenters. The molecule has 1 aromatic carbocycles. The van der Waals surface area contributed by atoms with Gasteiger partial charge in [-0.25, -0.2) is 4.39 Å². The summed E-state index contributed by atoms with van der Waals surface area (Å²) in [5, 5.41) is 0. The number of nitrogens with two attached hydrogens (primary N) is 2. The fraction of sp³-hybridized carbons (Fsp3) is 0.250. The van der Waals surface area contributed by atoms with Gasteiger partial charge >= 0.3 is 6.36 Å². The molecule has 0 heterocycles. The van der Waals surface area contributed by atoms with Gasteiger partial charge in [0.05, 0.1) is 5.69 Å². The summed E-state index contributed by atoms with van der Waals surface area (Å²) in [4.78, 5) is 0. The Bertz CT molecular complexity index is 364. The molecule has 1 aromatic rings. The average Bonchev–Trinajstić information content (AvgIpc) is 2.07. The molecule has 84 valence electrons. The van der Waals surface area contributed by atoms with Crippen molar-refractivity contribution in [1.82, 2.24) is 0 Å². The van der Waals surface area contributed by atoms with Crippen LogP contribution in [0.15, 0.2) is 12.1 Å². The molecule has 7 heteroatoms. The number of ether oxygens (including phenoxy) is 1. The normalized spacial score (nSPS) is 11.5. The molecule has 0 atom stereocenters. The van der Waals surface area contributed by atoms with Crippen LogP contribution in [-0.4, -0.2) is 6.36 Å². The molecule has 4 N–H and O–H groups in total. The summed E-state index contributed by atoms with van der Waals surface area (Å²) in [7, 11) is 0. The van der Waals surface area contributed by atoms with Crippen molar-refractivity contribution in [3.63, 3.8) is 0 Å². The lowest BCUT2D eigenvalue weighted by atomic mass is 10.1. The molecule has 3 nitrogen and oxygen atoms in total. The molecule has 0 aliphatic rings. The Kier molecular flexibility index (Phi) is 3.04. The molecule has 0 spiro atoms. The third-order valence-corrected chi connectivity index (χ3v) is 1.60. The van der Waals surface area contributed by atoms with Crippen molar-refractivity contribution in [2.45, 2.75) is 12.9 Å². The standard InChI is InChI=1S/C8H8F4N2O/c9-5-1-4(3-13)7(6(14)2-5)15-8(10,11)12/h1-2H,3,13-14H2. The second-order valence-electron chi connectivity index (χ2n) is 2.74. The van der Waals surface area contributed by atoms with Crippen molar-refractivity contribution in [1.29, 1.82) is 0 Å². The predicted octanol–water partition coefficient (Wildman–Crippen LogP) is 1.77. The highest BCUT2D eigenvalue weighted by Gasteiger charge is 2.33. The Morgan fingerprint density at radius 3 is 2.33 bits per heavy atom. The van der Waals surface area contributed by atoms with Gasteiger partial charge in [-0.1, -0.05) is 0 Å². The van der Waals surface area contributed by atoms with Crippen LogP contribution in [0.5, 0.6) is 5.75 Å². The highest BCUT2D eigenvalue weighted by molar-refractivity contribution is 5.57. The van der Waals surface area contributed by atoms with Gasteiger partial charge in [0.2, 0.25) is 0 Å². The fourth-order valence-corrected chi connectivity index (χ4v) is 1.06. The van der Waals surface area contributed by atoms with E-state index in [0.29, 0.717) is 0 Å². The summed E-state index contributed by atoms with van der Waals surface area (Å²) in [6, 6.07) is 1.58. The molecule has 1 rings (SSSR count). The van der Waals surface area contributed by atoms with E-state index in [2.05, 4.69) is 4.74 Å². The van der Waals surface area contributed by atoms with Crippen molar-refractivity contribution in [2.75, 3.05) is 5.73 Å². The van der Waals surface area contributed by atoms with E-state index < -0.39 is 23.6 Å². The zero-order valence-electron chi connectivity index (χ0n) is 7.44. The van der Waals surface area contributed by atoms with E-state index in [1.807, 2.05) is 0 Å². The first-order valence-electron chi connectivity index (χ1n) is 3.87. The average molecular weight is 224 g/mol. The van der Waals surface area contributed by atoms with E-state index in [-0.39, 0.29) is 12.1 Å². The summed E-state index contributed by atoms with van der Waals surface area (Å²) in [6.07, 6.45) is -4.88. The largest absolute Gasteiger partial charge is 0.573 e. The van der Waals surface area contributed by atoms with Crippen molar-refractivity contribution in [3.8, 4) is 5.75 Å². The Hall–Kier alpha value is -1.50. The maximum Gasteiger partial charge on any atom is 0.573 e. The van der Waals surface area contributed by atoms with Gasteiger partial charge in [-0.2, -0.15) is 0 Å². The van der Waals surface area contributed by atoms with Crippen LogP contribution < -0.4 is 16.2 Å². The number of alkyl halides is 3. The summed E-state index contributed by atoms with van der Waals surface area (Å²) in [6.45, 7) is -0.298. The van der Waals surface area contributed by atoms with Crippen LogP contribution in [0.3, 0.4) is 0 Å². The Labute approximate surface area is 82.6 Å². The molecule has 0 amide bonds. The van der Waals surface area contributed by atoms with Gasteiger partial charge < -0.3 is 16.2 Å². The van der Waals surface area contributed by atoms with E-state index in [1.165, 1.54) is 0 Å². The molecule has 0 saturated heterocycles. The molecule has 0 bridgehead atoms. The maximum absolute atomic E-state index is 12.8. The summed E-state index contributed by atoms with van der Waals surface area (Å²) >= 11 is 0. The van der Waals surface area contributed by atoms with Gasteiger partial charge in [-0.15, -0.1) is 13.2 Å². The lowest BCUT2D eigenvalue weighted by Crippen LogP contribution is -2.20. The van der Waals surface area contributed by atoms with Gasteiger partial charge in [0.1, 0.15) is 5.82 Å². The molecule has 0 saturated carbocycles. The lowest BCUT2D eigenvalue weighted by molar-refractivity contribution is -0.274. The topological polar surface area (TPSA) is 61.3 Å². The molecule has 0 aliphatic heterocycles. The molecule has 15 heavy (non-hydrogen) atoms. The monoisotopic (exact) mass is 224 g/mol. The van der Waals surface area contributed by atoms with Crippen molar-refractivity contribution in [2.24, 2.45) is 5.73 Å². The van der Waals surface area contributed by atoms with Crippen LogP contribution in [0, 0.1) is 5.82 Å². The number of nitrogen functional groups attached to an aromatic ring is 1. The van der Waals surface area contributed by atoms with E-state index in [4.69, 9.17) is 11.5 Å². The van der Waals surface area contributed by atoms with Crippen molar-refractivity contribution in [3.05, 3.63) is 23.5 Å². The van der Waals surface area contributed by atoms with Gasteiger partial charge in [0.25, 0.3) is 0 Å². The maximum atomic E-state index is 12.8. The van der Waals surface area contributed by atoms with E-state index in [1.54, 1.807) is 0 Å². The minimum Gasteiger partial charge on any atom is -0.403 e. The van der Waals surface area contributed by atoms with Crippen molar-refractivity contribution >= 4 is 5.69 Å². The first-order valence-corrected chi connectivity index (χ1v) is 3.87. The third-order valence-electron chi connectivity index (χ3n) is 1.60. The van der Waals surface area contributed by atoms with E-state index >= 15 is 0 Å². The number of halogens is 4. The molecule has 0 radical (unpaired) electrons. The Morgan fingerprint density at radius 1 is 1.27 bits per heavy atom. The van der Waals surface area contributed by atoms with Crippen LogP contribution in [0.25, 0.3) is 0 Å². The molecule has 0 aliphatic carbocycles. The SMILES string of the molecule is NCc1cc(F)cc(N)c1OC(F)(F)F. The van der Waals surface area contributed by atoms with Crippen LogP contribution >= 0.6 is 0 Å². The second kappa shape index (κ2) is 3.93. The second-order valence-corrected chi connectivity index (χ2v) is 2.74. The quantitative estimate of drug-likeness (QED) is 0.594. The molecular weight excluding hydrogens is 216 g/mol. The highest BCUT2D eigenvalue weighted by Crippen LogP contribution is 2.32. The Morgan fingerprint density at radius 2 is 1.87 bits per heavy atom. The fourth-order valence-electron chi connectivity index (χ4n) is 1.06. The number of rotatable bonds is 2. The lowest BCUT2D eigenvalue weighted by Gasteiger charge is -2.14.